The molecule has 2 heterocycles. The van der Waals surface area contributed by atoms with Gasteiger partial charge in [0, 0.05) is 36.9 Å². The van der Waals surface area contributed by atoms with Crippen LogP contribution in [0.25, 0.3) is 17.0 Å². The first-order valence-electron chi connectivity index (χ1n) is 8.63. The summed E-state index contributed by atoms with van der Waals surface area (Å²) in [5, 5.41) is 4.50. The number of hydrogen-bond acceptors (Lipinski definition) is 2. The average molecular weight is 331 g/mol. The minimum atomic E-state index is 0.0563. The van der Waals surface area contributed by atoms with Crippen LogP contribution < -0.4 is 5.32 Å². The highest BCUT2D eigenvalue weighted by molar-refractivity contribution is 5.98. The summed E-state index contributed by atoms with van der Waals surface area (Å²) >= 11 is 0. The molecule has 25 heavy (non-hydrogen) atoms. The molecule has 4 nitrogen and oxygen atoms in total. The lowest BCUT2D eigenvalue weighted by molar-refractivity contribution is 0.0682. The molecule has 126 valence electrons. The van der Waals surface area contributed by atoms with Gasteiger partial charge in [-0.25, -0.2) is 0 Å². The van der Waals surface area contributed by atoms with Crippen molar-refractivity contribution in [1.82, 2.24) is 15.2 Å². The summed E-state index contributed by atoms with van der Waals surface area (Å²) in [6.45, 7) is 2.32. The lowest BCUT2D eigenvalue weighted by Crippen LogP contribution is -2.52. The summed E-state index contributed by atoms with van der Waals surface area (Å²) in [5.41, 5.74) is 2.88. The fourth-order valence-corrected chi connectivity index (χ4v) is 3.28. The number of rotatable bonds is 3. The second-order valence-electron chi connectivity index (χ2n) is 6.32. The number of carbonyl (C=O) groups is 1. The van der Waals surface area contributed by atoms with Crippen LogP contribution in [0.2, 0.25) is 0 Å². The van der Waals surface area contributed by atoms with Crippen LogP contribution in [0, 0.1) is 0 Å². The van der Waals surface area contributed by atoms with Gasteiger partial charge in [-0.05, 0) is 29.1 Å². The highest BCUT2D eigenvalue weighted by atomic mass is 16.2. The second kappa shape index (κ2) is 6.95. The van der Waals surface area contributed by atoms with Crippen LogP contribution >= 0.6 is 0 Å². The number of fused-ring (bicyclic) bond motifs is 1. The molecular formula is C21H21N3O. The summed E-state index contributed by atoms with van der Waals surface area (Å²) in [7, 11) is 0. The van der Waals surface area contributed by atoms with Crippen LogP contribution in [0.5, 0.6) is 0 Å². The number of amides is 1. The highest BCUT2D eigenvalue weighted by Gasteiger charge is 2.25. The molecule has 1 saturated heterocycles. The van der Waals surface area contributed by atoms with Crippen LogP contribution in [0.3, 0.4) is 0 Å². The maximum absolute atomic E-state index is 13.0. The molecule has 0 radical (unpaired) electrons. The standard InChI is InChI=1S/C21H21N3O/c25-21(18-8-7-17-10-11-23-20(17)14-18)24-13-12-22-15-19(24)9-6-16-4-2-1-3-5-16/h1-11,14,19,22-23H,12-13,15H2. The number of benzene rings is 2. The van der Waals surface area contributed by atoms with E-state index >= 15 is 0 Å². The van der Waals surface area contributed by atoms with Crippen molar-refractivity contribution >= 4 is 22.9 Å². The van der Waals surface area contributed by atoms with E-state index in [2.05, 4.69) is 34.6 Å². The Morgan fingerprint density at radius 2 is 2.00 bits per heavy atom. The molecular weight excluding hydrogens is 310 g/mol. The van der Waals surface area contributed by atoms with Crippen molar-refractivity contribution < 1.29 is 4.79 Å². The Bertz CT molecular complexity index is 898. The molecule has 1 aromatic heterocycles. The number of nitrogens with zero attached hydrogens (tertiary/aromatic N) is 1. The zero-order chi connectivity index (χ0) is 17.1. The maximum Gasteiger partial charge on any atom is 0.254 e. The first-order chi connectivity index (χ1) is 12.3. The van der Waals surface area contributed by atoms with Gasteiger partial charge in [0.15, 0.2) is 0 Å². The van der Waals surface area contributed by atoms with E-state index in [4.69, 9.17) is 0 Å². The molecule has 3 aromatic rings. The Labute approximate surface area is 147 Å². The molecule has 0 saturated carbocycles. The van der Waals surface area contributed by atoms with Gasteiger partial charge in [0.05, 0.1) is 6.04 Å². The number of nitrogens with one attached hydrogen (secondary N) is 2. The summed E-state index contributed by atoms with van der Waals surface area (Å²) in [5.74, 6) is 0.0840. The van der Waals surface area contributed by atoms with E-state index in [-0.39, 0.29) is 11.9 Å². The highest BCUT2D eigenvalue weighted by Crippen LogP contribution is 2.18. The number of hydrogen-bond donors (Lipinski definition) is 2. The third-order valence-corrected chi connectivity index (χ3v) is 4.66. The van der Waals surface area contributed by atoms with Gasteiger partial charge in [-0.2, -0.15) is 0 Å². The van der Waals surface area contributed by atoms with Crippen molar-refractivity contribution in [2.24, 2.45) is 0 Å². The topological polar surface area (TPSA) is 48.1 Å². The van der Waals surface area contributed by atoms with Gasteiger partial charge in [0.1, 0.15) is 0 Å². The SMILES string of the molecule is O=C(c1ccc2cc[nH]c2c1)N1CCNCC1C=Cc1ccccc1. The van der Waals surface area contributed by atoms with E-state index in [1.165, 1.54) is 0 Å². The number of piperazine rings is 1. The normalized spacial score (nSPS) is 18.1. The molecule has 1 aliphatic heterocycles. The molecule has 2 N–H and O–H groups in total. The summed E-state index contributed by atoms with van der Waals surface area (Å²) in [4.78, 5) is 18.2. The number of H-pyrrole nitrogens is 1. The Kier molecular flexibility index (Phi) is 4.36. The quantitative estimate of drug-likeness (QED) is 0.774. The molecule has 1 unspecified atom stereocenters. The summed E-state index contributed by atoms with van der Waals surface area (Å²) in [6, 6.07) is 18.1. The monoisotopic (exact) mass is 331 g/mol. The zero-order valence-electron chi connectivity index (χ0n) is 14.0. The van der Waals surface area contributed by atoms with E-state index in [9.17, 15) is 4.79 Å². The molecule has 1 amide bonds. The van der Waals surface area contributed by atoms with Crippen molar-refractivity contribution in [3.8, 4) is 0 Å². The molecule has 1 aliphatic rings. The van der Waals surface area contributed by atoms with Gasteiger partial charge in [-0.1, -0.05) is 48.6 Å². The van der Waals surface area contributed by atoms with Gasteiger partial charge in [-0.15, -0.1) is 0 Å². The Morgan fingerprint density at radius 1 is 1.12 bits per heavy atom. The summed E-state index contributed by atoms with van der Waals surface area (Å²) in [6.07, 6.45) is 6.10. The lowest BCUT2D eigenvalue weighted by atomic mass is 10.1. The van der Waals surface area contributed by atoms with Crippen molar-refractivity contribution in [1.29, 1.82) is 0 Å². The largest absolute Gasteiger partial charge is 0.361 e. The molecule has 0 spiro atoms. The molecule has 1 fully saturated rings. The Balaban J connectivity index is 1.57. The van der Waals surface area contributed by atoms with Gasteiger partial charge in [-0.3, -0.25) is 4.79 Å². The van der Waals surface area contributed by atoms with Crippen LogP contribution in [0.15, 0.2) is 66.9 Å². The zero-order valence-corrected chi connectivity index (χ0v) is 14.0. The fraction of sp³-hybridized carbons (Fsp3) is 0.190. The minimum absolute atomic E-state index is 0.0563. The third kappa shape index (κ3) is 3.35. The predicted molar refractivity (Wildman–Crippen MR) is 101 cm³/mol. The Hall–Kier alpha value is -2.85. The van der Waals surface area contributed by atoms with E-state index in [1.54, 1.807) is 0 Å². The van der Waals surface area contributed by atoms with Gasteiger partial charge < -0.3 is 15.2 Å². The fourth-order valence-electron chi connectivity index (χ4n) is 3.28. The van der Waals surface area contributed by atoms with Gasteiger partial charge in [0.2, 0.25) is 0 Å². The molecule has 1 atom stereocenters. The Morgan fingerprint density at radius 3 is 2.88 bits per heavy atom. The van der Waals surface area contributed by atoms with Crippen molar-refractivity contribution in [3.05, 3.63) is 78.0 Å². The molecule has 0 aliphatic carbocycles. The number of aromatic nitrogens is 1. The molecule has 4 heteroatoms. The van der Waals surface area contributed by atoms with Crippen molar-refractivity contribution in [2.75, 3.05) is 19.6 Å². The first-order valence-corrected chi connectivity index (χ1v) is 8.63. The van der Waals surface area contributed by atoms with Crippen molar-refractivity contribution in [2.45, 2.75) is 6.04 Å². The minimum Gasteiger partial charge on any atom is -0.361 e. The van der Waals surface area contributed by atoms with Crippen LogP contribution in [0.1, 0.15) is 15.9 Å². The molecule has 2 aromatic carbocycles. The average Bonchev–Trinajstić information content (AvgIpc) is 3.14. The summed E-state index contributed by atoms with van der Waals surface area (Å²) < 4.78 is 0. The smallest absolute Gasteiger partial charge is 0.254 e. The maximum atomic E-state index is 13.0. The van der Waals surface area contributed by atoms with E-state index < -0.39 is 0 Å². The van der Waals surface area contributed by atoms with E-state index in [0.717, 1.165) is 35.1 Å². The van der Waals surface area contributed by atoms with Crippen LogP contribution in [-0.4, -0.2) is 41.5 Å². The molecule has 0 bridgehead atoms. The number of carbonyl (C=O) groups excluding carboxylic acids is 1. The lowest BCUT2D eigenvalue weighted by Gasteiger charge is -2.34. The van der Waals surface area contributed by atoms with E-state index in [0.29, 0.717) is 6.54 Å². The van der Waals surface area contributed by atoms with E-state index in [1.807, 2.05) is 53.6 Å². The van der Waals surface area contributed by atoms with Crippen LogP contribution in [-0.2, 0) is 0 Å². The van der Waals surface area contributed by atoms with Gasteiger partial charge >= 0.3 is 0 Å². The van der Waals surface area contributed by atoms with Crippen LogP contribution in [0.4, 0.5) is 0 Å². The van der Waals surface area contributed by atoms with Crippen molar-refractivity contribution in [3.63, 3.8) is 0 Å². The third-order valence-electron chi connectivity index (χ3n) is 4.66. The first kappa shape index (κ1) is 15.7. The molecule has 4 rings (SSSR count). The predicted octanol–water partition coefficient (Wildman–Crippen LogP) is 3.30. The van der Waals surface area contributed by atoms with Gasteiger partial charge in [0.25, 0.3) is 5.91 Å². The number of aromatic amines is 1. The second-order valence-corrected chi connectivity index (χ2v) is 6.32.